The van der Waals surface area contributed by atoms with Crippen molar-refractivity contribution in [2.24, 2.45) is 0 Å². The van der Waals surface area contributed by atoms with Crippen molar-refractivity contribution in [1.29, 1.82) is 0 Å². The first-order valence-electron chi connectivity index (χ1n) is 14.8. The molecule has 6 aromatic carbocycles. The van der Waals surface area contributed by atoms with Crippen LogP contribution in [0.25, 0.3) is 100.0 Å². The first kappa shape index (κ1) is 24.2. The lowest BCUT2D eigenvalue weighted by Crippen LogP contribution is -2.00. The van der Waals surface area contributed by atoms with Gasteiger partial charge in [0.2, 0.25) is 0 Å². The normalized spacial score (nSPS) is 12.0. The number of rotatable bonds is 3. The first-order valence-corrected chi connectivity index (χ1v) is 14.8. The molecule has 45 heavy (non-hydrogen) atoms. The summed E-state index contributed by atoms with van der Waals surface area (Å²) < 4.78 is 18.3. The van der Waals surface area contributed by atoms with E-state index in [0.29, 0.717) is 17.5 Å². The minimum atomic E-state index is 0.580. The largest absolute Gasteiger partial charge is 0.456 e. The Bertz CT molecular complexity index is 2470. The lowest BCUT2D eigenvalue weighted by molar-refractivity contribution is 0.668. The van der Waals surface area contributed by atoms with Crippen LogP contribution in [0.5, 0.6) is 0 Å². The summed E-state index contributed by atoms with van der Waals surface area (Å²) >= 11 is 0. The number of aromatic nitrogens is 3. The molecule has 0 spiro atoms. The second kappa shape index (κ2) is 9.11. The quantitative estimate of drug-likeness (QED) is 0.207. The van der Waals surface area contributed by atoms with Crippen molar-refractivity contribution >= 4 is 65.8 Å². The van der Waals surface area contributed by atoms with Crippen molar-refractivity contribution in [3.8, 4) is 34.2 Å². The summed E-state index contributed by atoms with van der Waals surface area (Å²) in [6.07, 6.45) is 0. The molecule has 0 unspecified atom stereocenters. The van der Waals surface area contributed by atoms with Crippen LogP contribution in [-0.2, 0) is 0 Å². The number of para-hydroxylation sites is 3. The third-order valence-electron chi connectivity index (χ3n) is 8.54. The molecule has 0 bridgehead atoms. The highest BCUT2D eigenvalue weighted by Gasteiger charge is 2.17. The minimum absolute atomic E-state index is 0.580. The lowest BCUT2D eigenvalue weighted by Gasteiger charge is -2.09. The molecule has 0 saturated heterocycles. The molecular weight excluding hydrogens is 558 g/mol. The van der Waals surface area contributed by atoms with Gasteiger partial charge in [0.1, 0.15) is 33.5 Å². The molecule has 210 valence electrons. The van der Waals surface area contributed by atoms with E-state index in [1.54, 1.807) is 0 Å². The molecule has 4 aromatic heterocycles. The van der Waals surface area contributed by atoms with Gasteiger partial charge in [-0.05, 0) is 72.8 Å². The minimum Gasteiger partial charge on any atom is -0.456 e. The van der Waals surface area contributed by atoms with Crippen LogP contribution in [0.1, 0.15) is 0 Å². The van der Waals surface area contributed by atoms with E-state index < -0.39 is 0 Å². The molecule has 0 fully saturated rings. The van der Waals surface area contributed by atoms with Crippen LogP contribution in [0.15, 0.2) is 141 Å². The lowest BCUT2D eigenvalue weighted by atomic mass is 10.1. The highest BCUT2D eigenvalue weighted by atomic mass is 16.3. The summed E-state index contributed by atoms with van der Waals surface area (Å²) in [6.45, 7) is 0. The second-order valence-electron chi connectivity index (χ2n) is 11.2. The van der Waals surface area contributed by atoms with Crippen LogP contribution in [0.2, 0.25) is 0 Å². The van der Waals surface area contributed by atoms with Crippen molar-refractivity contribution in [1.82, 2.24) is 15.0 Å². The Kier molecular flexibility index (Phi) is 4.90. The third kappa shape index (κ3) is 3.72. The van der Waals surface area contributed by atoms with Gasteiger partial charge >= 0.3 is 0 Å². The monoisotopic (exact) mass is 579 g/mol. The van der Waals surface area contributed by atoms with E-state index >= 15 is 0 Å². The van der Waals surface area contributed by atoms with Gasteiger partial charge in [-0.1, -0.05) is 54.6 Å². The Labute approximate surface area is 255 Å². The third-order valence-corrected chi connectivity index (χ3v) is 8.54. The molecule has 0 aliphatic heterocycles. The second-order valence-corrected chi connectivity index (χ2v) is 11.2. The maximum atomic E-state index is 6.10. The Balaban J connectivity index is 1.21. The molecule has 10 rings (SSSR count). The van der Waals surface area contributed by atoms with Gasteiger partial charge in [0.25, 0.3) is 0 Å². The molecule has 6 heteroatoms. The van der Waals surface area contributed by atoms with Crippen molar-refractivity contribution in [3.63, 3.8) is 0 Å². The van der Waals surface area contributed by atoms with Gasteiger partial charge in [0.15, 0.2) is 17.5 Å². The number of hydrogen-bond donors (Lipinski definition) is 0. The van der Waals surface area contributed by atoms with Crippen LogP contribution in [-0.4, -0.2) is 15.0 Å². The zero-order chi connectivity index (χ0) is 29.5. The van der Waals surface area contributed by atoms with Gasteiger partial charge in [-0.15, -0.1) is 0 Å². The summed E-state index contributed by atoms with van der Waals surface area (Å²) in [5, 5.41) is 6.22. The molecule has 4 heterocycles. The molecule has 0 radical (unpaired) electrons. The van der Waals surface area contributed by atoms with Gasteiger partial charge in [-0.3, -0.25) is 0 Å². The molecule has 0 atom stereocenters. The van der Waals surface area contributed by atoms with Gasteiger partial charge in [-0.2, -0.15) is 0 Å². The first-order chi connectivity index (χ1) is 22.2. The van der Waals surface area contributed by atoms with Crippen molar-refractivity contribution in [2.45, 2.75) is 0 Å². The molecular formula is C39H21N3O3. The van der Waals surface area contributed by atoms with Crippen LogP contribution in [0.4, 0.5) is 0 Å². The smallest absolute Gasteiger partial charge is 0.164 e. The average molecular weight is 580 g/mol. The van der Waals surface area contributed by atoms with Crippen molar-refractivity contribution in [2.75, 3.05) is 0 Å². The highest BCUT2D eigenvalue weighted by molar-refractivity contribution is 6.08. The summed E-state index contributed by atoms with van der Waals surface area (Å²) in [5.74, 6) is 1.74. The maximum Gasteiger partial charge on any atom is 0.164 e. The van der Waals surface area contributed by atoms with Crippen LogP contribution >= 0.6 is 0 Å². The zero-order valence-electron chi connectivity index (χ0n) is 23.7. The molecule has 6 nitrogen and oxygen atoms in total. The van der Waals surface area contributed by atoms with E-state index in [9.17, 15) is 0 Å². The van der Waals surface area contributed by atoms with Gasteiger partial charge in [-0.25, -0.2) is 15.0 Å². The Morgan fingerprint density at radius 1 is 0.289 bits per heavy atom. The van der Waals surface area contributed by atoms with Crippen LogP contribution < -0.4 is 0 Å². The van der Waals surface area contributed by atoms with Crippen LogP contribution in [0.3, 0.4) is 0 Å². The van der Waals surface area contributed by atoms with E-state index in [-0.39, 0.29) is 0 Å². The molecule has 0 aliphatic rings. The molecule has 0 N–H and O–H groups in total. The Morgan fingerprint density at radius 2 is 0.578 bits per heavy atom. The predicted octanol–water partition coefficient (Wildman–Crippen LogP) is 10.6. The van der Waals surface area contributed by atoms with E-state index in [2.05, 4.69) is 36.4 Å². The van der Waals surface area contributed by atoms with E-state index in [1.165, 1.54) is 0 Å². The summed E-state index contributed by atoms with van der Waals surface area (Å²) in [5.41, 5.74) is 7.65. The number of nitrogens with zero attached hydrogens (tertiary/aromatic N) is 3. The number of benzene rings is 6. The Morgan fingerprint density at radius 3 is 0.911 bits per heavy atom. The van der Waals surface area contributed by atoms with Crippen molar-refractivity contribution in [3.05, 3.63) is 127 Å². The van der Waals surface area contributed by atoms with Crippen LogP contribution in [0, 0.1) is 0 Å². The highest BCUT2D eigenvalue weighted by Crippen LogP contribution is 2.36. The van der Waals surface area contributed by atoms with Crippen molar-refractivity contribution < 1.29 is 13.3 Å². The molecule has 0 aliphatic carbocycles. The Hall–Kier alpha value is -6.27. The molecule has 0 amide bonds. The van der Waals surface area contributed by atoms with Gasteiger partial charge in [0, 0.05) is 49.0 Å². The SMILES string of the molecule is c1ccc2c(c1)oc1ccc(-c3nc(-c4ccc5oc6ccccc6c5c4)nc(-c4ccc5oc6ccccc6c5c4)n3)cc12. The van der Waals surface area contributed by atoms with Gasteiger partial charge < -0.3 is 13.3 Å². The fourth-order valence-electron chi connectivity index (χ4n) is 6.36. The summed E-state index contributed by atoms with van der Waals surface area (Å²) in [4.78, 5) is 15.1. The number of hydrogen-bond acceptors (Lipinski definition) is 6. The number of fused-ring (bicyclic) bond motifs is 9. The molecule has 10 aromatic rings. The topological polar surface area (TPSA) is 78.1 Å². The maximum absolute atomic E-state index is 6.10. The van der Waals surface area contributed by atoms with Gasteiger partial charge in [0.05, 0.1) is 0 Å². The molecule has 0 saturated carbocycles. The predicted molar refractivity (Wildman–Crippen MR) is 178 cm³/mol. The fraction of sp³-hybridized carbons (Fsp3) is 0. The van der Waals surface area contributed by atoms with E-state index in [0.717, 1.165) is 82.5 Å². The standard InChI is InChI=1S/C39H21N3O3/c1-4-10-31-25(7-1)28-19-22(13-16-34(28)43-31)37-40-38(23-14-17-35-29(20-23)26-8-2-5-11-32(26)44-35)42-39(41-37)24-15-18-36-30(21-24)27-9-3-6-12-33(27)45-36/h1-21H. The summed E-state index contributed by atoms with van der Waals surface area (Å²) in [6, 6.07) is 42.5. The summed E-state index contributed by atoms with van der Waals surface area (Å²) in [7, 11) is 0. The fourth-order valence-corrected chi connectivity index (χ4v) is 6.36. The van der Waals surface area contributed by atoms with E-state index in [4.69, 9.17) is 28.2 Å². The average Bonchev–Trinajstić information content (AvgIpc) is 3.78. The zero-order valence-corrected chi connectivity index (χ0v) is 23.7. The number of furan rings is 3. The van der Waals surface area contributed by atoms with E-state index in [1.807, 2.05) is 91.0 Å².